The molecular weight excluding hydrogens is 436 g/mol. The van der Waals surface area contributed by atoms with Crippen LogP contribution in [-0.2, 0) is 21.4 Å². The SMILES string of the molecule is CCOc1ccccc1NC(=O)CN(Cc1ccccc1)S(=O)(=O)c1cccc(Cl)c1. The van der Waals surface area contributed by atoms with E-state index in [-0.39, 0.29) is 18.0 Å². The summed E-state index contributed by atoms with van der Waals surface area (Å²) in [6.07, 6.45) is 0. The summed E-state index contributed by atoms with van der Waals surface area (Å²) in [7, 11) is -3.97. The highest BCUT2D eigenvalue weighted by Gasteiger charge is 2.27. The summed E-state index contributed by atoms with van der Waals surface area (Å²) < 4.78 is 33.3. The van der Waals surface area contributed by atoms with Crippen LogP contribution in [0.4, 0.5) is 5.69 Å². The van der Waals surface area contributed by atoms with Crippen molar-refractivity contribution in [3.05, 3.63) is 89.4 Å². The number of nitrogens with one attached hydrogen (secondary N) is 1. The van der Waals surface area contributed by atoms with E-state index in [1.165, 1.54) is 12.1 Å². The van der Waals surface area contributed by atoms with E-state index in [0.29, 0.717) is 23.1 Å². The third-order valence-corrected chi connectivity index (χ3v) is 6.44. The molecule has 0 atom stereocenters. The van der Waals surface area contributed by atoms with Gasteiger partial charge in [0.1, 0.15) is 5.75 Å². The molecule has 0 radical (unpaired) electrons. The Balaban J connectivity index is 1.87. The standard InChI is InChI=1S/C23H23ClN2O4S/c1-2-30-22-14-7-6-13-21(22)25-23(27)17-26(16-18-9-4-3-5-10-18)31(28,29)20-12-8-11-19(24)15-20/h3-15H,2,16-17H2,1H3,(H,25,27). The van der Waals surface area contributed by atoms with Crippen LogP contribution >= 0.6 is 11.6 Å². The van der Waals surface area contributed by atoms with Gasteiger partial charge in [-0.05, 0) is 42.8 Å². The van der Waals surface area contributed by atoms with Crippen LogP contribution in [0.2, 0.25) is 5.02 Å². The number of carbonyl (C=O) groups excluding carboxylic acids is 1. The first-order valence-corrected chi connectivity index (χ1v) is 11.5. The van der Waals surface area contributed by atoms with Gasteiger partial charge in [-0.1, -0.05) is 60.1 Å². The van der Waals surface area contributed by atoms with E-state index in [9.17, 15) is 13.2 Å². The van der Waals surface area contributed by atoms with Crippen LogP contribution in [0.25, 0.3) is 0 Å². The van der Waals surface area contributed by atoms with Crippen LogP contribution in [0.5, 0.6) is 5.75 Å². The average molecular weight is 459 g/mol. The van der Waals surface area contributed by atoms with Gasteiger partial charge in [0.2, 0.25) is 15.9 Å². The Kier molecular flexibility index (Phi) is 7.68. The highest BCUT2D eigenvalue weighted by atomic mass is 35.5. The number of sulfonamides is 1. The first-order valence-electron chi connectivity index (χ1n) is 9.71. The second kappa shape index (κ2) is 10.4. The quantitative estimate of drug-likeness (QED) is 0.509. The van der Waals surface area contributed by atoms with E-state index in [1.807, 2.05) is 37.3 Å². The number of benzene rings is 3. The van der Waals surface area contributed by atoms with E-state index >= 15 is 0 Å². The highest BCUT2D eigenvalue weighted by Crippen LogP contribution is 2.25. The first kappa shape index (κ1) is 22.8. The van der Waals surface area contributed by atoms with Gasteiger partial charge in [0.25, 0.3) is 0 Å². The molecule has 3 aromatic carbocycles. The van der Waals surface area contributed by atoms with Crippen LogP contribution in [0, 0.1) is 0 Å². The molecular formula is C23H23ClN2O4S. The number of halogens is 1. The number of nitrogens with zero attached hydrogens (tertiary/aromatic N) is 1. The maximum atomic E-state index is 13.3. The van der Waals surface area contributed by atoms with E-state index in [4.69, 9.17) is 16.3 Å². The van der Waals surface area contributed by atoms with Crippen molar-refractivity contribution in [1.29, 1.82) is 0 Å². The Hall–Kier alpha value is -2.87. The number of carbonyl (C=O) groups is 1. The van der Waals surface area contributed by atoms with Gasteiger partial charge in [0.15, 0.2) is 0 Å². The molecule has 1 N–H and O–H groups in total. The fraction of sp³-hybridized carbons (Fsp3) is 0.174. The zero-order valence-corrected chi connectivity index (χ0v) is 18.6. The van der Waals surface area contributed by atoms with Gasteiger partial charge in [-0.25, -0.2) is 8.42 Å². The largest absolute Gasteiger partial charge is 0.492 e. The fourth-order valence-electron chi connectivity index (χ4n) is 2.99. The topological polar surface area (TPSA) is 75.7 Å². The van der Waals surface area contributed by atoms with Crippen molar-refractivity contribution in [1.82, 2.24) is 4.31 Å². The summed E-state index contributed by atoms with van der Waals surface area (Å²) in [4.78, 5) is 12.8. The molecule has 0 fully saturated rings. The van der Waals surface area contributed by atoms with Crippen molar-refractivity contribution in [2.75, 3.05) is 18.5 Å². The van der Waals surface area contributed by atoms with E-state index in [0.717, 1.165) is 9.87 Å². The predicted octanol–water partition coefficient (Wildman–Crippen LogP) is 4.57. The van der Waals surface area contributed by atoms with Gasteiger partial charge in [0, 0.05) is 11.6 Å². The molecule has 162 valence electrons. The van der Waals surface area contributed by atoms with Crippen LogP contribution in [0.15, 0.2) is 83.8 Å². The van der Waals surface area contributed by atoms with Gasteiger partial charge in [-0.2, -0.15) is 4.31 Å². The van der Waals surface area contributed by atoms with Gasteiger partial charge in [-0.15, -0.1) is 0 Å². The minimum absolute atomic E-state index is 0.0263. The lowest BCUT2D eigenvalue weighted by molar-refractivity contribution is -0.116. The van der Waals surface area contributed by atoms with Crippen molar-refractivity contribution < 1.29 is 17.9 Å². The lowest BCUT2D eigenvalue weighted by Crippen LogP contribution is -2.37. The summed E-state index contributed by atoms with van der Waals surface area (Å²) in [5.74, 6) is 0.0411. The number of para-hydroxylation sites is 2. The second-order valence-electron chi connectivity index (χ2n) is 6.69. The Bertz CT molecular complexity index is 1140. The third kappa shape index (κ3) is 6.07. The smallest absolute Gasteiger partial charge is 0.243 e. The molecule has 0 saturated carbocycles. The maximum absolute atomic E-state index is 13.3. The number of rotatable bonds is 9. The summed E-state index contributed by atoms with van der Waals surface area (Å²) in [6, 6.07) is 22.1. The zero-order chi connectivity index (χ0) is 22.3. The molecule has 31 heavy (non-hydrogen) atoms. The van der Waals surface area contributed by atoms with Crippen LogP contribution < -0.4 is 10.1 Å². The summed E-state index contributed by atoms with van der Waals surface area (Å²) >= 11 is 6.00. The van der Waals surface area contributed by atoms with Gasteiger partial charge < -0.3 is 10.1 Å². The highest BCUT2D eigenvalue weighted by molar-refractivity contribution is 7.89. The first-order chi connectivity index (χ1) is 14.9. The predicted molar refractivity (Wildman–Crippen MR) is 122 cm³/mol. The molecule has 3 aromatic rings. The zero-order valence-electron chi connectivity index (χ0n) is 17.0. The molecule has 0 saturated heterocycles. The third-order valence-electron chi connectivity index (χ3n) is 4.42. The monoisotopic (exact) mass is 458 g/mol. The molecule has 0 bridgehead atoms. The van der Waals surface area contributed by atoms with Crippen molar-refractivity contribution >= 4 is 33.2 Å². The van der Waals surface area contributed by atoms with Crippen molar-refractivity contribution in [2.24, 2.45) is 0 Å². The van der Waals surface area contributed by atoms with Crippen LogP contribution in [-0.4, -0.2) is 31.8 Å². The Morgan fingerprint density at radius 1 is 1.00 bits per heavy atom. The maximum Gasteiger partial charge on any atom is 0.243 e. The van der Waals surface area contributed by atoms with E-state index in [2.05, 4.69) is 5.32 Å². The summed E-state index contributed by atoms with van der Waals surface area (Å²) in [6.45, 7) is 1.95. The van der Waals surface area contributed by atoms with Crippen molar-refractivity contribution in [2.45, 2.75) is 18.4 Å². The molecule has 1 amide bonds. The fourth-order valence-corrected chi connectivity index (χ4v) is 4.68. The number of hydrogen-bond donors (Lipinski definition) is 1. The number of ether oxygens (including phenoxy) is 1. The molecule has 6 nitrogen and oxygen atoms in total. The molecule has 0 aliphatic rings. The number of anilines is 1. The van der Waals surface area contributed by atoms with Gasteiger partial charge >= 0.3 is 0 Å². The Morgan fingerprint density at radius 2 is 1.71 bits per heavy atom. The normalized spacial score (nSPS) is 11.3. The number of amides is 1. The van der Waals surface area contributed by atoms with Gasteiger partial charge in [0.05, 0.1) is 23.7 Å². The Labute approximate surface area is 187 Å². The van der Waals surface area contributed by atoms with Crippen molar-refractivity contribution in [3.8, 4) is 5.75 Å². The summed E-state index contributed by atoms with van der Waals surface area (Å²) in [5.41, 5.74) is 1.24. The van der Waals surface area contributed by atoms with Crippen molar-refractivity contribution in [3.63, 3.8) is 0 Å². The Morgan fingerprint density at radius 3 is 2.42 bits per heavy atom. The van der Waals surface area contributed by atoms with E-state index < -0.39 is 15.9 Å². The average Bonchev–Trinajstić information content (AvgIpc) is 2.75. The van der Waals surface area contributed by atoms with Gasteiger partial charge in [-0.3, -0.25) is 4.79 Å². The lowest BCUT2D eigenvalue weighted by Gasteiger charge is -2.22. The minimum atomic E-state index is -3.97. The summed E-state index contributed by atoms with van der Waals surface area (Å²) in [5, 5.41) is 3.05. The molecule has 0 aliphatic carbocycles. The molecule has 0 unspecified atom stereocenters. The molecule has 0 spiro atoms. The second-order valence-corrected chi connectivity index (χ2v) is 9.07. The molecule has 0 aromatic heterocycles. The molecule has 8 heteroatoms. The van der Waals surface area contributed by atoms with Crippen LogP contribution in [0.1, 0.15) is 12.5 Å². The molecule has 0 heterocycles. The molecule has 3 rings (SSSR count). The van der Waals surface area contributed by atoms with Crippen LogP contribution in [0.3, 0.4) is 0 Å². The molecule has 0 aliphatic heterocycles. The van der Waals surface area contributed by atoms with E-state index in [1.54, 1.807) is 36.4 Å². The number of hydrogen-bond acceptors (Lipinski definition) is 4. The lowest BCUT2D eigenvalue weighted by atomic mass is 10.2. The minimum Gasteiger partial charge on any atom is -0.492 e.